The second-order valence-electron chi connectivity index (χ2n) is 6.75. The predicted molar refractivity (Wildman–Crippen MR) is 140 cm³/mol. The molecule has 0 heterocycles. The van der Waals surface area contributed by atoms with Crippen LogP contribution in [0.5, 0.6) is 17.2 Å². The van der Waals surface area contributed by atoms with Crippen molar-refractivity contribution in [2.75, 3.05) is 20.3 Å². The molecule has 0 aliphatic carbocycles. The number of benzene rings is 3. The lowest BCUT2D eigenvalue weighted by molar-refractivity contribution is 0.0934. The van der Waals surface area contributed by atoms with Crippen LogP contribution in [-0.4, -0.2) is 37.3 Å². The summed E-state index contributed by atoms with van der Waals surface area (Å²) < 4.78 is 17.2. The number of halogens is 1. The molecule has 176 valence electrons. The summed E-state index contributed by atoms with van der Waals surface area (Å²) >= 11 is 7.16. The van der Waals surface area contributed by atoms with Crippen molar-refractivity contribution in [2.45, 2.75) is 0 Å². The van der Waals surface area contributed by atoms with Gasteiger partial charge in [0, 0.05) is 11.1 Å². The molecule has 0 unspecified atom stereocenters. The number of methoxy groups -OCH3 is 1. The normalized spacial score (nSPS) is 10.1. The van der Waals surface area contributed by atoms with Crippen LogP contribution in [0.4, 0.5) is 0 Å². The van der Waals surface area contributed by atoms with E-state index < -0.39 is 11.8 Å². The maximum atomic E-state index is 12.4. The van der Waals surface area contributed by atoms with Crippen molar-refractivity contribution < 1.29 is 23.8 Å². The van der Waals surface area contributed by atoms with Crippen LogP contribution < -0.4 is 30.4 Å². The van der Waals surface area contributed by atoms with Crippen molar-refractivity contribution >= 4 is 51.7 Å². The van der Waals surface area contributed by atoms with E-state index in [1.807, 2.05) is 30.3 Å². The molecule has 34 heavy (non-hydrogen) atoms. The number of ether oxygens (including phenoxy) is 3. The molecule has 10 heteroatoms. The van der Waals surface area contributed by atoms with Crippen LogP contribution in [0.15, 0.2) is 72.8 Å². The van der Waals surface area contributed by atoms with Crippen LogP contribution in [0.25, 0.3) is 0 Å². The lowest BCUT2D eigenvalue weighted by atomic mass is 10.2. The smallest absolute Gasteiger partial charge is 0.269 e. The zero-order valence-electron chi connectivity index (χ0n) is 18.2. The maximum absolute atomic E-state index is 12.4. The second kappa shape index (κ2) is 12.8. The number of hydrazine groups is 1. The van der Waals surface area contributed by atoms with E-state index in [9.17, 15) is 9.59 Å². The van der Waals surface area contributed by atoms with Crippen molar-refractivity contribution in [1.29, 1.82) is 0 Å². The highest BCUT2D eigenvalue weighted by Crippen LogP contribution is 2.21. The molecule has 0 spiro atoms. The van der Waals surface area contributed by atoms with E-state index in [4.69, 9.17) is 26.4 Å². The number of rotatable bonds is 8. The van der Waals surface area contributed by atoms with Gasteiger partial charge in [-0.05, 0) is 89.4 Å². The lowest BCUT2D eigenvalue weighted by Gasteiger charge is -2.12. The summed E-state index contributed by atoms with van der Waals surface area (Å²) in [6.45, 7) is 0.759. The second-order valence-corrected chi connectivity index (χ2v) is 8.32. The summed E-state index contributed by atoms with van der Waals surface area (Å²) in [5, 5.41) is 2.47. The minimum absolute atomic E-state index is 0.0417. The Morgan fingerprint density at radius 2 is 1.44 bits per heavy atom. The van der Waals surface area contributed by atoms with Crippen LogP contribution in [-0.2, 0) is 0 Å². The first-order chi connectivity index (χ1) is 16.5. The highest BCUT2D eigenvalue weighted by Gasteiger charge is 2.11. The van der Waals surface area contributed by atoms with Gasteiger partial charge in [0.25, 0.3) is 11.8 Å². The molecule has 8 nitrogen and oxygen atoms in total. The third kappa shape index (κ3) is 7.59. The molecule has 3 rings (SSSR count). The Hall–Kier alpha value is -3.38. The monoisotopic (exact) mass is 591 g/mol. The van der Waals surface area contributed by atoms with Crippen molar-refractivity contribution in [2.24, 2.45) is 0 Å². The first-order valence-corrected chi connectivity index (χ1v) is 11.6. The molecule has 0 fully saturated rings. The number of para-hydroxylation sites is 1. The molecule has 0 aromatic heterocycles. The van der Waals surface area contributed by atoms with Gasteiger partial charge in [-0.1, -0.05) is 18.2 Å². The quantitative estimate of drug-likeness (QED) is 0.159. The number of amides is 2. The lowest BCUT2D eigenvalue weighted by Crippen LogP contribution is -2.48. The van der Waals surface area contributed by atoms with E-state index in [2.05, 4.69) is 38.8 Å². The topological polar surface area (TPSA) is 97.9 Å². The van der Waals surface area contributed by atoms with Crippen molar-refractivity contribution in [3.63, 3.8) is 0 Å². The maximum Gasteiger partial charge on any atom is 0.269 e. The standard InChI is InChI=1S/C24H22IN3O5S/c1-31-21-12-9-17(15-20(21)25)23(30)27-28-24(34)26-22(29)16-7-10-19(11-8-16)33-14-13-32-18-5-3-2-4-6-18/h2-12,15H,13-14H2,1H3,(H,27,30)(H2,26,28,29,34). The number of nitrogens with one attached hydrogen (secondary N) is 3. The Kier molecular flexibility index (Phi) is 9.47. The minimum atomic E-state index is -0.426. The third-order valence-electron chi connectivity index (χ3n) is 4.41. The summed E-state index contributed by atoms with van der Waals surface area (Å²) in [6.07, 6.45) is 0. The molecule has 0 bridgehead atoms. The van der Waals surface area contributed by atoms with Crippen LogP contribution in [0.2, 0.25) is 0 Å². The van der Waals surface area contributed by atoms with Crippen LogP contribution in [0.3, 0.4) is 0 Å². The van der Waals surface area contributed by atoms with Gasteiger partial charge in [0.1, 0.15) is 30.5 Å². The van der Waals surface area contributed by atoms with Crippen LogP contribution >= 0.6 is 34.8 Å². The Morgan fingerprint density at radius 3 is 2.06 bits per heavy atom. The van der Waals surface area contributed by atoms with Gasteiger partial charge >= 0.3 is 0 Å². The van der Waals surface area contributed by atoms with Crippen molar-refractivity contribution in [1.82, 2.24) is 16.2 Å². The third-order valence-corrected chi connectivity index (χ3v) is 5.46. The Morgan fingerprint density at radius 1 is 0.824 bits per heavy atom. The summed E-state index contributed by atoms with van der Waals surface area (Å²) in [5.41, 5.74) is 5.76. The van der Waals surface area contributed by atoms with Crippen molar-refractivity contribution in [3.05, 3.63) is 87.5 Å². The Balaban J connectivity index is 1.40. The van der Waals surface area contributed by atoms with Crippen molar-refractivity contribution in [3.8, 4) is 17.2 Å². The molecular formula is C24H22IN3O5S. The number of carbonyl (C=O) groups is 2. The summed E-state index contributed by atoms with van der Waals surface area (Å²) in [7, 11) is 1.56. The molecule has 2 amide bonds. The molecule has 0 aliphatic heterocycles. The molecule has 0 saturated carbocycles. The van der Waals surface area contributed by atoms with Gasteiger partial charge in [-0.15, -0.1) is 0 Å². The fourth-order valence-electron chi connectivity index (χ4n) is 2.74. The number of hydrogen-bond donors (Lipinski definition) is 3. The molecule has 3 aromatic carbocycles. The molecule has 0 atom stereocenters. The SMILES string of the molecule is COc1ccc(C(=O)NNC(=S)NC(=O)c2ccc(OCCOc3ccccc3)cc2)cc1I. The highest BCUT2D eigenvalue weighted by molar-refractivity contribution is 14.1. The van der Waals surface area contributed by atoms with Gasteiger partial charge in [0.2, 0.25) is 0 Å². The molecule has 0 saturated heterocycles. The largest absolute Gasteiger partial charge is 0.496 e. The average molecular weight is 591 g/mol. The molecule has 3 N–H and O–H groups in total. The summed E-state index contributed by atoms with van der Waals surface area (Å²) in [4.78, 5) is 24.7. The van der Waals surface area contributed by atoms with Gasteiger partial charge in [-0.25, -0.2) is 0 Å². The Bertz CT molecular complexity index is 1140. The van der Waals surface area contributed by atoms with Gasteiger partial charge in [-0.3, -0.25) is 25.8 Å². The van der Waals surface area contributed by atoms with E-state index in [0.29, 0.717) is 35.8 Å². The summed E-state index contributed by atoms with van der Waals surface area (Å²) in [6, 6.07) is 21.0. The van der Waals surface area contributed by atoms with E-state index >= 15 is 0 Å². The van der Waals surface area contributed by atoms with E-state index in [1.165, 1.54) is 0 Å². The van der Waals surface area contributed by atoms with Gasteiger partial charge in [0.15, 0.2) is 5.11 Å². The molecule has 0 radical (unpaired) electrons. The number of hydrogen-bond acceptors (Lipinski definition) is 6. The van der Waals surface area contributed by atoms with E-state index in [1.54, 1.807) is 49.6 Å². The summed E-state index contributed by atoms with van der Waals surface area (Å²) in [5.74, 6) is 1.22. The highest BCUT2D eigenvalue weighted by atomic mass is 127. The fourth-order valence-corrected chi connectivity index (χ4v) is 3.62. The minimum Gasteiger partial charge on any atom is -0.496 e. The molecule has 3 aromatic rings. The number of thiocarbonyl (C=S) groups is 1. The van der Waals surface area contributed by atoms with E-state index in [-0.39, 0.29) is 5.11 Å². The first kappa shape index (κ1) is 25.2. The molecular weight excluding hydrogens is 569 g/mol. The van der Waals surface area contributed by atoms with Crippen LogP contribution in [0.1, 0.15) is 20.7 Å². The fraction of sp³-hybridized carbons (Fsp3) is 0.125. The Labute approximate surface area is 216 Å². The van der Waals surface area contributed by atoms with Crippen LogP contribution in [0, 0.1) is 3.57 Å². The average Bonchev–Trinajstić information content (AvgIpc) is 2.86. The van der Waals surface area contributed by atoms with Gasteiger partial charge in [0.05, 0.1) is 10.7 Å². The van der Waals surface area contributed by atoms with Gasteiger partial charge < -0.3 is 14.2 Å². The molecule has 0 aliphatic rings. The van der Waals surface area contributed by atoms with E-state index in [0.717, 1.165) is 9.32 Å². The van der Waals surface area contributed by atoms with Gasteiger partial charge in [-0.2, -0.15) is 0 Å². The number of carbonyl (C=O) groups excluding carboxylic acids is 2. The zero-order valence-corrected chi connectivity index (χ0v) is 21.1. The predicted octanol–water partition coefficient (Wildman–Crippen LogP) is 3.71. The zero-order chi connectivity index (χ0) is 24.3. The first-order valence-electron chi connectivity index (χ1n) is 10.1.